The maximum Gasteiger partial charge on any atom is 0.266 e. The summed E-state index contributed by atoms with van der Waals surface area (Å²) in [5.74, 6) is -0.290. The molecule has 2 aromatic rings. The van der Waals surface area contributed by atoms with Crippen molar-refractivity contribution in [3.8, 4) is 0 Å². The number of H-pyrrole nitrogens is 1. The summed E-state index contributed by atoms with van der Waals surface area (Å²) in [6.07, 6.45) is 1.35. The van der Waals surface area contributed by atoms with Crippen LogP contribution in [0, 0.1) is 13.8 Å². The smallest absolute Gasteiger partial charge is 0.266 e. The van der Waals surface area contributed by atoms with Crippen molar-refractivity contribution in [3.05, 3.63) is 50.7 Å². The maximum atomic E-state index is 12.1. The van der Waals surface area contributed by atoms with Crippen LogP contribution in [0.1, 0.15) is 28.7 Å². The monoisotopic (exact) mass is 308 g/mol. The second kappa shape index (κ2) is 6.13. The van der Waals surface area contributed by atoms with Crippen LogP contribution in [0.2, 0.25) is 5.02 Å². The number of carbonyl (C=O) groups is 1. The largest absolute Gasteiger partial charge is 0.348 e. The molecule has 6 nitrogen and oxygen atoms in total. The fourth-order valence-corrected chi connectivity index (χ4v) is 2.23. The van der Waals surface area contributed by atoms with Gasteiger partial charge >= 0.3 is 0 Å². The molecule has 0 aliphatic heterocycles. The van der Waals surface area contributed by atoms with E-state index in [2.05, 4.69) is 15.4 Å². The van der Waals surface area contributed by atoms with Crippen molar-refractivity contribution in [3.63, 3.8) is 0 Å². The molecule has 0 fully saturated rings. The number of nitrogens with one attached hydrogen (secondary N) is 2. The number of rotatable bonds is 4. The summed E-state index contributed by atoms with van der Waals surface area (Å²) in [6.45, 7) is 6.36. The minimum atomic E-state index is -0.413. The highest BCUT2D eigenvalue weighted by atomic mass is 35.5. The number of hydrogen-bond acceptors (Lipinski definition) is 3. The van der Waals surface area contributed by atoms with Gasteiger partial charge in [0.1, 0.15) is 5.02 Å². The standard InChI is InChI=1S/C14H17ClN4O2/c1-8-4-10(3)19(18-8)7-9(2)17-13(20)11-5-12(15)14(21)16-6-11/h4-6,9H,7H2,1-3H3,(H,16,21)(H,17,20). The van der Waals surface area contributed by atoms with Gasteiger partial charge in [0.15, 0.2) is 0 Å². The van der Waals surface area contributed by atoms with Crippen LogP contribution in [0.4, 0.5) is 0 Å². The molecule has 2 rings (SSSR count). The molecule has 2 heterocycles. The predicted octanol–water partition coefficient (Wildman–Crippen LogP) is 1.66. The lowest BCUT2D eigenvalue weighted by Gasteiger charge is -2.15. The normalized spacial score (nSPS) is 12.2. The van der Waals surface area contributed by atoms with E-state index < -0.39 is 5.56 Å². The van der Waals surface area contributed by atoms with Gasteiger partial charge in [-0.25, -0.2) is 0 Å². The average Bonchev–Trinajstić information content (AvgIpc) is 2.70. The van der Waals surface area contributed by atoms with Crippen molar-refractivity contribution in [2.75, 3.05) is 0 Å². The minimum absolute atomic E-state index is 0.00570. The molecule has 0 bridgehead atoms. The Kier molecular flexibility index (Phi) is 4.47. The van der Waals surface area contributed by atoms with E-state index in [9.17, 15) is 9.59 Å². The average molecular weight is 309 g/mol. The highest BCUT2D eigenvalue weighted by Gasteiger charge is 2.13. The lowest BCUT2D eigenvalue weighted by molar-refractivity contribution is 0.0935. The van der Waals surface area contributed by atoms with Crippen LogP contribution in [0.3, 0.4) is 0 Å². The third-order valence-corrected chi connectivity index (χ3v) is 3.33. The Labute approximate surface area is 127 Å². The fraction of sp³-hybridized carbons (Fsp3) is 0.357. The first-order valence-electron chi connectivity index (χ1n) is 6.57. The molecular formula is C14H17ClN4O2. The number of nitrogens with zero attached hydrogens (tertiary/aromatic N) is 2. The summed E-state index contributed by atoms with van der Waals surface area (Å²) in [5, 5.41) is 7.19. The molecule has 1 atom stereocenters. The number of amides is 1. The first kappa shape index (κ1) is 15.3. The molecule has 0 aromatic carbocycles. The number of carbonyl (C=O) groups excluding carboxylic acids is 1. The minimum Gasteiger partial charge on any atom is -0.348 e. The van der Waals surface area contributed by atoms with Gasteiger partial charge in [-0.15, -0.1) is 0 Å². The fourth-order valence-electron chi connectivity index (χ4n) is 2.06. The number of halogens is 1. The quantitative estimate of drug-likeness (QED) is 0.901. The molecule has 0 saturated heterocycles. The number of hydrogen-bond donors (Lipinski definition) is 2. The summed E-state index contributed by atoms with van der Waals surface area (Å²) in [7, 11) is 0. The lowest BCUT2D eigenvalue weighted by atomic mass is 10.2. The van der Waals surface area contributed by atoms with Crippen molar-refractivity contribution in [1.82, 2.24) is 20.1 Å². The molecule has 1 amide bonds. The number of aryl methyl sites for hydroxylation is 2. The van der Waals surface area contributed by atoms with E-state index in [0.717, 1.165) is 11.4 Å². The molecule has 2 aromatic heterocycles. The van der Waals surface area contributed by atoms with Gasteiger partial charge in [-0.3, -0.25) is 14.3 Å². The van der Waals surface area contributed by atoms with E-state index in [-0.39, 0.29) is 17.0 Å². The Bertz CT molecular complexity index is 720. The molecule has 0 saturated carbocycles. The molecule has 0 radical (unpaired) electrons. The van der Waals surface area contributed by atoms with Gasteiger partial charge in [-0.2, -0.15) is 5.10 Å². The Balaban J connectivity index is 2.03. The van der Waals surface area contributed by atoms with Gasteiger partial charge < -0.3 is 10.3 Å². The third kappa shape index (κ3) is 3.72. The van der Waals surface area contributed by atoms with E-state index >= 15 is 0 Å². The number of aromatic amines is 1. The third-order valence-electron chi connectivity index (χ3n) is 3.05. The summed E-state index contributed by atoms with van der Waals surface area (Å²) >= 11 is 5.71. The van der Waals surface area contributed by atoms with Crippen molar-refractivity contribution in [2.24, 2.45) is 0 Å². The molecule has 0 aliphatic carbocycles. The van der Waals surface area contributed by atoms with E-state index in [1.165, 1.54) is 12.3 Å². The number of pyridine rings is 1. The molecule has 112 valence electrons. The van der Waals surface area contributed by atoms with Gasteiger partial charge in [-0.05, 0) is 32.9 Å². The topological polar surface area (TPSA) is 79.8 Å². The zero-order chi connectivity index (χ0) is 15.6. The highest BCUT2D eigenvalue weighted by Crippen LogP contribution is 2.06. The Morgan fingerprint density at radius 1 is 1.48 bits per heavy atom. The van der Waals surface area contributed by atoms with Gasteiger partial charge in [0.25, 0.3) is 11.5 Å². The number of aromatic nitrogens is 3. The maximum absolute atomic E-state index is 12.1. The van der Waals surface area contributed by atoms with Gasteiger partial charge in [0.2, 0.25) is 0 Å². The highest BCUT2D eigenvalue weighted by molar-refractivity contribution is 6.30. The van der Waals surface area contributed by atoms with E-state index in [0.29, 0.717) is 12.1 Å². The van der Waals surface area contributed by atoms with E-state index in [4.69, 9.17) is 11.6 Å². The zero-order valence-corrected chi connectivity index (χ0v) is 12.9. The summed E-state index contributed by atoms with van der Waals surface area (Å²) in [4.78, 5) is 25.7. The van der Waals surface area contributed by atoms with Crippen LogP contribution < -0.4 is 10.9 Å². The summed E-state index contributed by atoms with van der Waals surface area (Å²) in [5.41, 5.74) is 1.89. The molecule has 0 aliphatic rings. The van der Waals surface area contributed by atoms with Crippen molar-refractivity contribution in [1.29, 1.82) is 0 Å². The van der Waals surface area contributed by atoms with Crippen LogP contribution in [0.15, 0.2) is 23.1 Å². The predicted molar refractivity (Wildman–Crippen MR) is 80.7 cm³/mol. The molecule has 2 N–H and O–H groups in total. The first-order valence-corrected chi connectivity index (χ1v) is 6.94. The van der Waals surface area contributed by atoms with Crippen LogP contribution in [-0.2, 0) is 6.54 Å². The van der Waals surface area contributed by atoms with E-state index in [1.54, 1.807) is 0 Å². The van der Waals surface area contributed by atoms with Gasteiger partial charge in [-0.1, -0.05) is 11.6 Å². The molecule has 21 heavy (non-hydrogen) atoms. The van der Waals surface area contributed by atoms with Crippen LogP contribution in [0.25, 0.3) is 0 Å². The molecule has 7 heteroatoms. The second-order valence-corrected chi connectivity index (χ2v) is 5.46. The molecule has 1 unspecified atom stereocenters. The van der Waals surface area contributed by atoms with Crippen LogP contribution in [-0.4, -0.2) is 26.7 Å². The molecular weight excluding hydrogens is 292 g/mol. The van der Waals surface area contributed by atoms with Crippen molar-refractivity contribution >= 4 is 17.5 Å². The second-order valence-electron chi connectivity index (χ2n) is 5.05. The Morgan fingerprint density at radius 2 is 2.19 bits per heavy atom. The Hall–Kier alpha value is -2.08. The lowest BCUT2D eigenvalue weighted by Crippen LogP contribution is -2.36. The van der Waals surface area contributed by atoms with Crippen molar-refractivity contribution in [2.45, 2.75) is 33.4 Å². The van der Waals surface area contributed by atoms with E-state index in [1.807, 2.05) is 31.5 Å². The SMILES string of the molecule is Cc1cc(C)n(CC(C)NC(=O)c2c[nH]c(=O)c(Cl)c2)n1. The van der Waals surface area contributed by atoms with Gasteiger partial charge in [0, 0.05) is 17.9 Å². The van der Waals surface area contributed by atoms with Crippen molar-refractivity contribution < 1.29 is 4.79 Å². The van der Waals surface area contributed by atoms with Crippen LogP contribution >= 0.6 is 11.6 Å². The zero-order valence-electron chi connectivity index (χ0n) is 12.1. The summed E-state index contributed by atoms with van der Waals surface area (Å²) in [6, 6.07) is 3.23. The van der Waals surface area contributed by atoms with Gasteiger partial charge in [0.05, 0.1) is 17.8 Å². The molecule has 0 spiro atoms. The summed E-state index contributed by atoms with van der Waals surface area (Å²) < 4.78 is 1.85. The Morgan fingerprint density at radius 3 is 2.76 bits per heavy atom. The first-order chi connectivity index (χ1) is 9.86. The van der Waals surface area contributed by atoms with Crippen LogP contribution in [0.5, 0.6) is 0 Å².